The van der Waals surface area contributed by atoms with E-state index in [2.05, 4.69) is 4.72 Å². The van der Waals surface area contributed by atoms with Gasteiger partial charge in [-0.15, -0.1) is 11.3 Å². The van der Waals surface area contributed by atoms with Gasteiger partial charge in [0.25, 0.3) is 0 Å². The van der Waals surface area contributed by atoms with E-state index in [-0.39, 0.29) is 18.2 Å². The molecular weight excluding hydrogens is 410 g/mol. The molecule has 1 aliphatic rings. The molecule has 9 heteroatoms. The van der Waals surface area contributed by atoms with Crippen molar-refractivity contribution >= 4 is 27.5 Å². The number of hydrogen-bond donors (Lipinski definition) is 1. The SMILES string of the molecule is CC(C)OC(=O)N1CCCC(NS(C)(=O)=O)C1Cc1nc(-c2ccccc2)cs1. The van der Waals surface area contributed by atoms with Crippen LogP contribution >= 0.6 is 11.3 Å². The van der Waals surface area contributed by atoms with E-state index in [0.29, 0.717) is 25.8 Å². The number of ether oxygens (including phenoxy) is 1. The molecule has 2 heterocycles. The Morgan fingerprint density at radius 2 is 2.07 bits per heavy atom. The highest BCUT2D eigenvalue weighted by molar-refractivity contribution is 7.88. The van der Waals surface area contributed by atoms with Crippen molar-refractivity contribution in [2.45, 2.75) is 51.3 Å². The molecule has 1 amide bonds. The molecule has 7 nitrogen and oxygen atoms in total. The average molecular weight is 438 g/mol. The van der Waals surface area contributed by atoms with Crippen molar-refractivity contribution in [3.8, 4) is 11.3 Å². The normalized spacial score (nSPS) is 20.1. The molecule has 0 spiro atoms. The zero-order valence-corrected chi connectivity index (χ0v) is 18.5. The molecule has 2 unspecified atom stereocenters. The molecule has 1 fully saturated rings. The number of piperidine rings is 1. The number of amides is 1. The van der Waals surface area contributed by atoms with E-state index in [1.54, 1.807) is 18.7 Å². The molecule has 0 bridgehead atoms. The molecule has 0 saturated carbocycles. The minimum atomic E-state index is -3.40. The third-order valence-corrected chi connectivity index (χ3v) is 6.32. The summed E-state index contributed by atoms with van der Waals surface area (Å²) in [5, 5.41) is 2.85. The summed E-state index contributed by atoms with van der Waals surface area (Å²) in [7, 11) is -3.40. The van der Waals surface area contributed by atoms with Gasteiger partial charge >= 0.3 is 6.09 Å². The van der Waals surface area contributed by atoms with Gasteiger partial charge in [0.1, 0.15) is 0 Å². The van der Waals surface area contributed by atoms with Gasteiger partial charge in [0, 0.05) is 30.0 Å². The Morgan fingerprint density at radius 3 is 2.72 bits per heavy atom. The van der Waals surface area contributed by atoms with Crippen LogP contribution in [0.3, 0.4) is 0 Å². The zero-order chi connectivity index (χ0) is 21.0. The molecule has 1 aromatic heterocycles. The number of benzene rings is 1. The summed E-state index contributed by atoms with van der Waals surface area (Å²) >= 11 is 1.52. The van der Waals surface area contributed by atoms with Crippen molar-refractivity contribution in [2.24, 2.45) is 0 Å². The topological polar surface area (TPSA) is 88.6 Å². The van der Waals surface area contributed by atoms with E-state index in [1.807, 2.05) is 35.7 Å². The number of thiazole rings is 1. The Kier molecular flexibility index (Phi) is 6.92. The van der Waals surface area contributed by atoms with Crippen LogP contribution in [0.15, 0.2) is 35.7 Å². The summed E-state index contributed by atoms with van der Waals surface area (Å²) in [6, 6.07) is 9.16. The highest BCUT2D eigenvalue weighted by atomic mass is 32.2. The van der Waals surface area contributed by atoms with E-state index < -0.39 is 16.1 Å². The molecule has 1 aromatic carbocycles. The maximum Gasteiger partial charge on any atom is 0.410 e. The molecule has 2 aromatic rings. The predicted molar refractivity (Wildman–Crippen MR) is 114 cm³/mol. The maximum absolute atomic E-state index is 12.7. The first-order valence-corrected chi connectivity index (χ1v) is 12.4. The second-order valence-corrected chi connectivity index (χ2v) is 10.3. The number of likely N-dealkylation sites (tertiary alicyclic amines) is 1. The number of aromatic nitrogens is 1. The van der Waals surface area contributed by atoms with Crippen molar-refractivity contribution in [3.63, 3.8) is 0 Å². The van der Waals surface area contributed by atoms with E-state index in [1.165, 1.54) is 11.3 Å². The second-order valence-electron chi connectivity index (χ2n) is 7.53. The van der Waals surface area contributed by atoms with Gasteiger partial charge in [0.2, 0.25) is 10.0 Å². The summed E-state index contributed by atoms with van der Waals surface area (Å²) in [6.45, 7) is 4.14. The number of sulfonamides is 1. The van der Waals surface area contributed by atoms with Crippen molar-refractivity contribution in [1.82, 2.24) is 14.6 Å². The van der Waals surface area contributed by atoms with Crippen LogP contribution in [0.5, 0.6) is 0 Å². The Bertz CT molecular complexity index is 928. The molecule has 1 saturated heterocycles. The molecule has 0 aliphatic carbocycles. The lowest BCUT2D eigenvalue weighted by molar-refractivity contribution is 0.0461. The molecule has 29 heavy (non-hydrogen) atoms. The Labute approximate surface area is 176 Å². The number of nitrogens with zero attached hydrogens (tertiary/aromatic N) is 2. The zero-order valence-electron chi connectivity index (χ0n) is 16.9. The second kappa shape index (κ2) is 9.23. The third kappa shape index (κ3) is 6.01. The maximum atomic E-state index is 12.7. The van der Waals surface area contributed by atoms with Crippen LogP contribution in [0.2, 0.25) is 0 Å². The molecule has 0 radical (unpaired) electrons. The predicted octanol–water partition coefficient (Wildman–Crippen LogP) is 3.28. The molecule has 158 valence electrons. The van der Waals surface area contributed by atoms with E-state index in [9.17, 15) is 13.2 Å². The standard InChI is InChI=1S/C20H27N3O4S2/c1-14(2)27-20(24)23-11-7-10-16(22-29(3,25)26)18(23)12-19-21-17(13-28-19)15-8-5-4-6-9-15/h4-6,8-9,13-14,16,18,22H,7,10-12H2,1-3H3. The lowest BCUT2D eigenvalue weighted by Crippen LogP contribution is -2.58. The van der Waals surface area contributed by atoms with Gasteiger partial charge in [-0.3, -0.25) is 0 Å². The van der Waals surface area contributed by atoms with Crippen molar-refractivity contribution in [2.75, 3.05) is 12.8 Å². The highest BCUT2D eigenvalue weighted by Crippen LogP contribution is 2.27. The first kappa shape index (κ1) is 21.7. The molecule has 1 N–H and O–H groups in total. The third-order valence-electron chi connectivity index (χ3n) is 4.72. The molecular formula is C20H27N3O4S2. The van der Waals surface area contributed by atoms with Gasteiger partial charge in [-0.1, -0.05) is 30.3 Å². The van der Waals surface area contributed by atoms with Gasteiger partial charge in [-0.05, 0) is 26.7 Å². The Morgan fingerprint density at radius 1 is 1.34 bits per heavy atom. The van der Waals surface area contributed by atoms with Crippen LogP contribution in [0.4, 0.5) is 4.79 Å². The smallest absolute Gasteiger partial charge is 0.410 e. The van der Waals surface area contributed by atoms with Crippen molar-refractivity contribution in [3.05, 3.63) is 40.7 Å². The van der Waals surface area contributed by atoms with Crippen LogP contribution in [-0.2, 0) is 21.2 Å². The first-order valence-electron chi connectivity index (χ1n) is 9.67. The van der Waals surface area contributed by atoms with Crippen LogP contribution in [0, 0.1) is 0 Å². The number of hydrogen-bond acceptors (Lipinski definition) is 6. The monoisotopic (exact) mass is 437 g/mol. The number of nitrogens with one attached hydrogen (secondary N) is 1. The molecule has 1 aliphatic heterocycles. The van der Waals surface area contributed by atoms with E-state index in [0.717, 1.165) is 22.5 Å². The van der Waals surface area contributed by atoms with Crippen LogP contribution in [0.1, 0.15) is 31.7 Å². The number of rotatable bonds is 6. The van der Waals surface area contributed by atoms with E-state index in [4.69, 9.17) is 9.72 Å². The van der Waals surface area contributed by atoms with Gasteiger partial charge in [-0.25, -0.2) is 22.9 Å². The summed E-state index contributed by atoms with van der Waals surface area (Å²) in [5.74, 6) is 0. The minimum Gasteiger partial charge on any atom is -0.447 e. The summed E-state index contributed by atoms with van der Waals surface area (Å²) in [6.07, 6.45) is 2.34. The number of carbonyl (C=O) groups excluding carboxylic acids is 1. The van der Waals surface area contributed by atoms with Gasteiger partial charge in [0.05, 0.1) is 29.1 Å². The van der Waals surface area contributed by atoms with Crippen LogP contribution in [0.25, 0.3) is 11.3 Å². The Hall–Kier alpha value is -1.97. The summed E-state index contributed by atoms with van der Waals surface area (Å²) in [4.78, 5) is 19.0. The highest BCUT2D eigenvalue weighted by Gasteiger charge is 2.37. The number of carbonyl (C=O) groups is 1. The lowest BCUT2D eigenvalue weighted by Gasteiger charge is -2.40. The fourth-order valence-electron chi connectivity index (χ4n) is 3.54. The van der Waals surface area contributed by atoms with E-state index >= 15 is 0 Å². The van der Waals surface area contributed by atoms with Gasteiger partial charge in [0.15, 0.2) is 0 Å². The fourth-order valence-corrected chi connectivity index (χ4v) is 5.22. The van der Waals surface area contributed by atoms with Crippen LogP contribution in [-0.4, -0.2) is 55.4 Å². The van der Waals surface area contributed by atoms with Crippen LogP contribution < -0.4 is 4.72 Å². The average Bonchev–Trinajstić information content (AvgIpc) is 3.10. The minimum absolute atomic E-state index is 0.240. The van der Waals surface area contributed by atoms with Crippen molar-refractivity contribution < 1.29 is 17.9 Å². The van der Waals surface area contributed by atoms with Gasteiger partial charge < -0.3 is 9.64 Å². The Balaban J connectivity index is 1.84. The lowest BCUT2D eigenvalue weighted by atomic mass is 9.95. The van der Waals surface area contributed by atoms with Gasteiger partial charge in [-0.2, -0.15) is 0 Å². The quantitative estimate of drug-likeness (QED) is 0.749. The first-order chi connectivity index (χ1) is 13.7. The van der Waals surface area contributed by atoms with Crippen molar-refractivity contribution in [1.29, 1.82) is 0 Å². The summed E-state index contributed by atoms with van der Waals surface area (Å²) < 4.78 is 31.9. The fraction of sp³-hybridized carbons (Fsp3) is 0.500. The molecule has 2 atom stereocenters. The largest absolute Gasteiger partial charge is 0.447 e. The summed E-state index contributed by atoms with van der Waals surface area (Å²) in [5.41, 5.74) is 1.91. The molecule has 3 rings (SSSR count).